The Morgan fingerprint density at radius 2 is 1.23 bits per heavy atom. The highest BCUT2D eigenvalue weighted by molar-refractivity contribution is 7.87. The SMILES string of the molecule is CCCCCCOCCOC(=O)CC(C(=O)OCCOCCCCCC)S(=O)(=O)O. The van der Waals surface area contributed by atoms with Crippen LogP contribution in [0.25, 0.3) is 0 Å². The Kier molecular flexibility index (Phi) is 17.8. The van der Waals surface area contributed by atoms with Gasteiger partial charge in [0.2, 0.25) is 0 Å². The van der Waals surface area contributed by atoms with E-state index in [-0.39, 0.29) is 26.4 Å². The number of unbranched alkanes of at least 4 members (excludes halogenated alkanes) is 6. The van der Waals surface area contributed by atoms with Crippen molar-refractivity contribution in [3.8, 4) is 0 Å². The number of ether oxygens (including phenoxy) is 4. The minimum Gasteiger partial charge on any atom is -0.463 e. The van der Waals surface area contributed by atoms with Crippen molar-refractivity contribution in [2.45, 2.75) is 76.9 Å². The molecule has 0 spiro atoms. The van der Waals surface area contributed by atoms with E-state index < -0.39 is 33.7 Å². The molecular formula is C20H38O9S. The monoisotopic (exact) mass is 454 g/mol. The largest absolute Gasteiger partial charge is 0.463 e. The molecule has 0 amide bonds. The minimum atomic E-state index is -4.81. The van der Waals surface area contributed by atoms with Gasteiger partial charge >= 0.3 is 11.9 Å². The molecule has 0 saturated heterocycles. The predicted molar refractivity (Wildman–Crippen MR) is 112 cm³/mol. The first-order valence-corrected chi connectivity index (χ1v) is 12.3. The molecule has 1 atom stereocenters. The first kappa shape index (κ1) is 28.8. The third-order valence-corrected chi connectivity index (χ3v) is 5.30. The van der Waals surface area contributed by atoms with Gasteiger partial charge in [-0.05, 0) is 12.8 Å². The van der Waals surface area contributed by atoms with Crippen LogP contribution in [0.3, 0.4) is 0 Å². The van der Waals surface area contributed by atoms with E-state index in [9.17, 15) is 22.6 Å². The van der Waals surface area contributed by atoms with Crippen LogP contribution in [0.2, 0.25) is 0 Å². The molecule has 0 aliphatic carbocycles. The van der Waals surface area contributed by atoms with Gasteiger partial charge in [-0.1, -0.05) is 52.4 Å². The molecule has 0 radical (unpaired) electrons. The van der Waals surface area contributed by atoms with Crippen LogP contribution in [0.15, 0.2) is 0 Å². The summed E-state index contributed by atoms with van der Waals surface area (Å²) in [7, 11) is -4.81. The Morgan fingerprint density at radius 3 is 1.70 bits per heavy atom. The summed E-state index contributed by atoms with van der Waals surface area (Å²) in [5.74, 6) is -2.15. The van der Waals surface area contributed by atoms with Crippen LogP contribution in [-0.4, -0.2) is 69.8 Å². The number of carbonyl (C=O) groups excluding carboxylic acids is 2. The van der Waals surface area contributed by atoms with Gasteiger partial charge < -0.3 is 18.9 Å². The predicted octanol–water partition coefficient (Wildman–Crippen LogP) is 2.91. The zero-order valence-corrected chi connectivity index (χ0v) is 19.1. The van der Waals surface area contributed by atoms with E-state index in [1.165, 1.54) is 0 Å². The van der Waals surface area contributed by atoms with E-state index in [0.717, 1.165) is 51.4 Å². The van der Waals surface area contributed by atoms with Gasteiger partial charge in [-0.2, -0.15) is 8.42 Å². The summed E-state index contributed by atoms with van der Waals surface area (Å²) in [6.45, 7) is 5.34. The van der Waals surface area contributed by atoms with Crippen LogP contribution in [-0.2, 0) is 38.7 Å². The smallest absolute Gasteiger partial charge is 0.327 e. The van der Waals surface area contributed by atoms with Crippen LogP contribution in [0.1, 0.15) is 71.6 Å². The Balaban J connectivity index is 4.08. The van der Waals surface area contributed by atoms with Gasteiger partial charge in [0.15, 0.2) is 5.25 Å². The molecule has 0 saturated carbocycles. The second-order valence-electron chi connectivity index (χ2n) is 6.94. The summed E-state index contributed by atoms with van der Waals surface area (Å²) in [5, 5.41) is -2.02. The fraction of sp³-hybridized carbons (Fsp3) is 0.900. The van der Waals surface area contributed by atoms with Gasteiger partial charge in [-0.3, -0.25) is 14.1 Å². The molecule has 0 heterocycles. The van der Waals surface area contributed by atoms with Crippen molar-refractivity contribution in [1.82, 2.24) is 0 Å². The lowest BCUT2D eigenvalue weighted by Crippen LogP contribution is -2.35. The molecule has 178 valence electrons. The molecule has 0 rings (SSSR count). The maximum absolute atomic E-state index is 12.0. The number of rotatable bonds is 20. The molecule has 1 N–H and O–H groups in total. The van der Waals surface area contributed by atoms with E-state index in [1.807, 2.05) is 0 Å². The van der Waals surface area contributed by atoms with E-state index in [0.29, 0.717) is 13.2 Å². The van der Waals surface area contributed by atoms with Gasteiger partial charge in [-0.25, -0.2) is 0 Å². The maximum Gasteiger partial charge on any atom is 0.327 e. The van der Waals surface area contributed by atoms with Crippen molar-refractivity contribution in [2.24, 2.45) is 0 Å². The molecule has 0 bridgehead atoms. The summed E-state index contributed by atoms with van der Waals surface area (Å²) in [5.41, 5.74) is 0. The Bertz CT molecular complexity index is 548. The van der Waals surface area contributed by atoms with Crippen molar-refractivity contribution >= 4 is 22.1 Å². The molecule has 9 nitrogen and oxygen atoms in total. The summed E-state index contributed by atoms with van der Waals surface area (Å²) in [6.07, 6.45) is 7.60. The van der Waals surface area contributed by atoms with Crippen LogP contribution in [0.5, 0.6) is 0 Å². The van der Waals surface area contributed by atoms with Crippen molar-refractivity contribution in [3.63, 3.8) is 0 Å². The zero-order chi connectivity index (χ0) is 22.7. The second kappa shape index (κ2) is 18.5. The van der Waals surface area contributed by atoms with E-state index in [4.69, 9.17) is 18.9 Å². The summed E-state index contributed by atoms with van der Waals surface area (Å²) < 4.78 is 52.4. The molecule has 0 aromatic rings. The highest BCUT2D eigenvalue weighted by Crippen LogP contribution is 2.09. The zero-order valence-electron chi connectivity index (χ0n) is 18.3. The first-order valence-electron chi connectivity index (χ1n) is 10.8. The van der Waals surface area contributed by atoms with Crippen molar-refractivity contribution in [2.75, 3.05) is 39.6 Å². The van der Waals surface area contributed by atoms with Crippen LogP contribution < -0.4 is 0 Å². The lowest BCUT2D eigenvalue weighted by Gasteiger charge is -2.13. The van der Waals surface area contributed by atoms with Crippen LogP contribution >= 0.6 is 0 Å². The summed E-state index contributed by atoms with van der Waals surface area (Å²) in [4.78, 5) is 23.7. The van der Waals surface area contributed by atoms with Gasteiger partial charge in [-0.15, -0.1) is 0 Å². The van der Waals surface area contributed by atoms with E-state index in [1.54, 1.807) is 0 Å². The van der Waals surface area contributed by atoms with E-state index in [2.05, 4.69) is 13.8 Å². The third-order valence-electron chi connectivity index (χ3n) is 4.22. The topological polar surface area (TPSA) is 125 Å². The molecule has 0 aliphatic rings. The minimum absolute atomic E-state index is 0.0638. The molecule has 30 heavy (non-hydrogen) atoms. The van der Waals surface area contributed by atoms with Gasteiger partial charge in [0.1, 0.15) is 13.2 Å². The molecule has 0 aromatic carbocycles. The number of carbonyl (C=O) groups is 2. The number of esters is 2. The molecule has 0 aliphatic heterocycles. The van der Waals surface area contributed by atoms with Crippen molar-refractivity contribution in [3.05, 3.63) is 0 Å². The Morgan fingerprint density at radius 1 is 0.733 bits per heavy atom. The number of hydrogen-bond acceptors (Lipinski definition) is 8. The third kappa shape index (κ3) is 16.6. The lowest BCUT2D eigenvalue weighted by atomic mass is 10.2. The second-order valence-corrected chi connectivity index (χ2v) is 8.54. The Hall–Kier alpha value is -1.23. The molecule has 1 unspecified atom stereocenters. The highest BCUT2D eigenvalue weighted by Gasteiger charge is 2.35. The van der Waals surface area contributed by atoms with Gasteiger partial charge in [0.25, 0.3) is 10.1 Å². The van der Waals surface area contributed by atoms with Crippen LogP contribution in [0, 0.1) is 0 Å². The van der Waals surface area contributed by atoms with Crippen molar-refractivity contribution < 1.29 is 41.5 Å². The first-order chi connectivity index (χ1) is 14.3. The van der Waals surface area contributed by atoms with Gasteiger partial charge in [0.05, 0.1) is 19.6 Å². The fourth-order valence-corrected chi connectivity index (χ4v) is 3.15. The van der Waals surface area contributed by atoms with Crippen molar-refractivity contribution in [1.29, 1.82) is 0 Å². The molecule has 10 heteroatoms. The fourth-order valence-electron chi connectivity index (χ4n) is 2.50. The normalized spacial score (nSPS) is 12.5. The lowest BCUT2D eigenvalue weighted by molar-refractivity contribution is -0.151. The maximum atomic E-state index is 12.0. The van der Waals surface area contributed by atoms with Crippen LogP contribution in [0.4, 0.5) is 0 Å². The average Bonchev–Trinajstić information content (AvgIpc) is 2.69. The number of hydrogen-bond donors (Lipinski definition) is 1. The molecular weight excluding hydrogens is 416 g/mol. The van der Waals surface area contributed by atoms with Gasteiger partial charge in [0, 0.05) is 13.2 Å². The Labute approximate surface area is 180 Å². The molecule has 0 aromatic heterocycles. The van der Waals surface area contributed by atoms with E-state index >= 15 is 0 Å². The average molecular weight is 455 g/mol. The highest BCUT2D eigenvalue weighted by atomic mass is 32.2. The molecule has 0 fully saturated rings. The quantitative estimate of drug-likeness (QED) is 0.168. The summed E-state index contributed by atoms with van der Waals surface area (Å²) in [6, 6.07) is 0. The standard InChI is InChI=1S/C20H38O9S/c1-3-5-7-9-11-26-13-15-28-19(21)17-18(30(23,24)25)20(22)29-16-14-27-12-10-8-6-4-2/h18H,3-17H2,1-2H3,(H,23,24,25). The summed E-state index contributed by atoms with van der Waals surface area (Å²) >= 11 is 0.